The number of halogens is 1. The molecule has 1 aliphatic heterocycles. The van der Waals surface area contributed by atoms with Gasteiger partial charge in [0, 0.05) is 19.2 Å². The van der Waals surface area contributed by atoms with Crippen molar-refractivity contribution in [1.82, 2.24) is 15.0 Å². The lowest BCUT2D eigenvalue weighted by Crippen LogP contribution is -2.36. The van der Waals surface area contributed by atoms with Crippen molar-refractivity contribution in [3.63, 3.8) is 0 Å². The fourth-order valence-electron chi connectivity index (χ4n) is 2.29. The number of ether oxygens (including phenoxy) is 2. The van der Waals surface area contributed by atoms with Crippen LogP contribution < -0.4 is 4.90 Å². The third-order valence-corrected chi connectivity index (χ3v) is 3.42. The SMILES string of the molecule is CCOC(=O)c1nc2c(N3CCOCC3)cc(Cl)nc2[nH]1. The molecule has 0 aromatic carbocycles. The van der Waals surface area contributed by atoms with Gasteiger partial charge in [0.15, 0.2) is 5.65 Å². The van der Waals surface area contributed by atoms with Gasteiger partial charge in [-0.15, -0.1) is 0 Å². The normalized spacial score (nSPS) is 15.4. The van der Waals surface area contributed by atoms with E-state index >= 15 is 0 Å². The summed E-state index contributed by atoms with van der Waals surface area (Å²) in [5.74, 6) is -0.365. The second-order valence-corrected chi connectivity index (χ2v) is 4.95. The van der Waals surface area contributed by atoms with Crippen LogP contribution in [0.3, 0.4) is 0 Å². The van der Waals surface area contributed by atoms with Crippen molar-refractivity contribution < 1.29 is 14.3 Å². The van der Waals surface area contributed by atoms with E-state index in [1.54, 1.807) is 13.0 Å². The number of hydrogen-bond acceptors (Lipinski definition) is 6. The van der Waals surface area contributed by atoms with Gasteiger partial charge in [0.2, 0.25) is 5.82 Å². The molecule has 3 heterocycles. The Labute approximate surface area is 126 Å². The van der Waals surface area contributed by atoms with Gasteiger partial charge in [-0.25, -0.2) is 14.8 Å². The van der Waals surface area contributed by atoms with Crippen molar-refractivity contribution in [2.24, 2.45) is 0 Å². The molecule has 0 saturated carbocycles. The average molecular weight is 311 g/mol. The summed E-state index contributed by atoms with van der Waals surface area (Å²) >= 11 is 6.06. The Hall–Kier alpha value is -1.86. The number of aromatic nitrogens is 3. The van der Waals surface area contributed by atoms with E-state index in [2.05, 4.69) is 19.9 Å². The molecule has 3 rings (SSSR count). The highest BCUT2D eigenvalue weighted by Crippen LogP contribution is 2.28. The maximum Gasteiger partial charge on any atom is 0.374 e. The summed E-state index contributed by atoms with van der Waals surface area (Å²) in [6.07, 6.45) is 0. The molecule has 1 aliphatic rings. The van der Waals surface area contributed by atoms with Gasteiger partial charge in [-0.05, 0) is 6.92 Å². The van der Waals surface area contributed by atoms with Crippen LogP contribution in [0.15, 0.2) is 6.07 Å². The summed E-state index contributed by atoms with van der Waals surface area (Å²) < 4.78 is 10.3. The Morgan fingerprint density at radius 1 is 1.48 bits per heavy atom. The summed E-state index contributed by atoms with van der Waals surface area (Å²) in [6, 6.07) is 1.75. The largest absolute Gasteiger partial charge is 0.460 e. The van der Waals surface area contributed by atoms with Gasteiger partial charge >= 0.3 is 5.97 Å². The molecule has 21 heavy (non-hydrogen) atoms. The third-order valence-electron chi connectivity index (χ3n) is 3.22. The number of aromatic amines is 1. The number of pyridine rings is 1. The number of imidazole rings is 1. The van der Waals surface area contributed by atoms with Crippen molar-refractivity contribution in [3.05, 3.63) is 17.0 Å². The van der Waals surface area contributed by atoms with Crippen LogP contribution >= 0.6 is 11.6 Å². The molecule has 0 bridgehead atoms. The highest BCUT2D eigenvalue weighted by atomic mass is 35.5. The van der Waals surface area contributed by atoms with Gasteiger partial charge in [-0.1, -0.05) is 11.6 Å². The molecule has 2 aromatic rings. The lowest BCUT2D eigenvalue weighted by molar-refractivity contribution is 0.0513. The van der Waals surface area contributed by atoms with E-state index < -0.39 is 5.97 Å². The van der Waals surface area contributed by atoms with E-state index in [1.807, 2.05) is 0 Å². The topological polar surface area (TPSA) is 80.3 Å². The van der Waals surface area contributed by atoms with E-state index in [9.17, 15) is 4.79 Å². The molecule has 112 valence electrons. The molecule has 0 aliphatic carbocycles. The Morgan fingerprint density at radius 3 is 2.95 bits per heavy atom. The molecule has 7 nitrogen and oxygen atoms in total. The first-order chi connectivity index (χ1) is 10.2. The minimum absolute atomic E-state index is 0.135. The summed E-state index contributed by atoms with van der Waals surface area (Å²) in [5.41, 5.74) is 1.94. The third kappa shape index (κ3) is 2.79. The Kier molecular flexibility index (Phi) is 3.94. The zero-order chi connectivity index (χ0) is 14.8. The number of anilines is 1. The molecule has 0 radical (unpaired) electrons. The van der Waals surface area contributed by atoms with Gasteiger partial charge in [0.25, 0.3) is 0 Å². The number of morpholine rings is 1. The molecule has 1 saturated heterocycles. The molecule has 0 unspecified atom stereocenters. The number of fused-ring (bicyclic) bond motifs is 1. The first kappa shape index (κ1) is 14.1. The molecular weight excluding hydrogens is 296 g/mol. The summed E-state index contributed by atoms with van der Waals surface area (Å²) in [7, 11) is 0. The van der Waals surface area contributed by atoms with Crippen LogP contribution in [-0.4, -0.2) is 53.8 Å². The Bertz CT molecular complexity index is 667. The van der Waals surface area contributed by atoms with Crippen LogP contribution in [0.25, 0.3) is 11.2 Å². The number of H-pyrrole nitrogens is 1. The van der Waals surface area contributed by atoms with Crippen molar-refractivity contribution >= 4 is 34.4 Å². The maximum atomic E-state index is 11.8. The zero-order valence-corrected chi connectivity index (χ0v) is 12.3. The summed E-state index contributed by atoms with van der Waals surface area (Å²) in [5, 5.41) is 0.350. The second-order valence-electron chi connectivity index (χ2n) is 4.57. The number of rotatable bonds is 3. The highest BCUT2D eigenvalue weighted by molar-refractivity contribution is 6.30. The summed E-state index contributed by atoms with van der Waals surface area (Å²) in [6.45, 7) is 4.83. The fraction of sp³-hybridized carbons (Fsp3) is 0.462. The van der Waals surface area contributed by atoms with Crippen LogP contribution in [-0.2, 0) is 9.47 Å². The van der Waals surface area contributed by atoms with Crippen LogP contribution in [0.4, 0.5) is 5.69 Å². The fourth-order valence-corrected chi connectivity index (χ4v) is 2.47. The minimum Gasteiger partial charge on any atom is -0.460 e. The van der Waals surface area contributed by atoms with Crippen molar-refractivity contribution in [2.75, 3.05) is 37.8 Å². The van der Waals surface area contributed by atoms with Crippen LogP contribution in [0.5, 0.6) is 0 Å². The quantitative estimate of drug-likeness (QED) is 0.685. The first-order valence-corrected chi connectivity index (χ1v) is 7.13. The molecule has 0 atom stereocenters. The minimum atomic E-state index is -0.500. The molecule has 2 aromatic heterocycles. The molecule has 1 N–H and O–H groups in total. The van der Waals surface area contributed by atoms with Gasteiger partial charge < -0.3 is 19.4 Å². The molecule has 0 spiro atoms. The number of nitrogens with one attached hydrogen (secondary N) is 1. The smallest absolute Gasteiger partial charge is 0.374 e. The standard InChI is InChI=1S/C13H15ClN4O3/c1-2-21-13(19)12-16-10-8(18-3-5-20-6-4-18)7-9(14)15-11(10)17-12/h7H,2-6H2,1H3,(H,15,16,17). The lowest BCUT2D eigenvalue weighted by atomic mass is 10.3. The average Bonchev–Trinajstić information content (AvgIpc) is 2.91. The maximum absolute atomic E-state index is 11.8. The van der Waals surface area contributed by atoms with E-state index in [1.165, 1.54) is 0 Å². The predicted octanol–water partition coefficient (Wildman–Crippen LogP) is 1.62. The number of carbonyl (C=O) groups is 1. The van der Waals surface area contributed by atoms with E-state index in [0.717, 1.165) is 18.8 Å². The van der Waals surface area contributed by atoms with E-state index in [0.29, 0.717) is 36.1 Å². The summed E-state index contributed by atoms with van der Waals surface area (Å²) in [4.78, 5) is 25.2. The molecule has 8 heteroatoms. The van der Waals surface area contributed by atoms with Crippen LogP contribution in [0.1, 0.15) is 17.5 Å². The molecule has 1 fully saturated rings. The first-order valence-electron chi connectivity index (χ1n) is 6.75. The van der Waals surface area contributed by atoms with Crippen LogP contribution in [0, 0.1) is 0 Å². The van der Waals surface area contributed by atoms with E-state index in [4.69, 9.17) is 21.1 Å². The number of nitrogens with zero attached hydrogens (tertiary/aromatic N) is 3. The lowest BCUT2D eigenvalue weighted by Gasteiger charge is -2.28. The number of hydrogen-bond donors (Lipinski definition) is 1. The Morgan fingerprint density at radius 2 is 2.24 bits per heavy atom. The monoisotopic (exact) mass is 310 g/mol. The van der Waals surface area contributed by atoms with Gasteiger partial charge in [0.1, 0.15) is 10.7 Å². The Balaban J connectivity index is 2.04. The predicted molar refractivity (Wildman–Crippen MR) is 77.9 cm³/mol. The second kappa shape index (κ2) is 5.87. The van der Waals surface area contributed by atoms with E-state index in [-0.39, 0.29) is 5.82 Å². The van der Waals surface area contributed by atoms with Crippen molar-refractivity contribution in [2.45, 2.75) is 6.92 Å². The number of carbonyl (C=O) groups excluding carboxylic acids is 1. The van der Waals surface area contributed by atoms with Crippen molar-refractivity contribution in [3.8, 4) is 0 Å². The highest BCUT2D eigenvalue weighted by Gasteiger charge is 2.20. The molecular formula is C13H15ClN4O3. The van der Waals surface area contributed by atoms with Crippen molar-refractivity contribution in [1.29, 1.82) is 0 Å². The van der Waals surface area contributed by atoms with Gasteiger partial charge in [-0.3, -0.25) is 0 Å². The van der Waals surface area contributed by atoms with Gasteiger partial charge in [0.05, 0.1) is 25.5 Å². The molecule has 0 amide bonds. The number of esters is 1. The zero-order valence-electron chi connectivity index (χ0n) is 11.6. The van der Waals surface area contributed by atoms with Gasteiger partial charge in [-0.2, -0.15) is 0 Å². The van der Waals surface area contributed by atoms with Crippen LogP contribution in [0.2, 0.25) is 5.15 Å².